The van der Waals surface area contributed by atoms with E-state index in [4.69, 9.17) is 23.2 Å². The van der Waals surface area contributed by atoms with E-state index in [0.29, 0.717) is 15.7 Å². The Bertz CT molecular complexity index is 1650. The molecule has 0 aliphatic heterocycles. The van der Waals surface area contributed by atoms with Crippen LogP contribution in [0.3, 0.4) is 0 Å². The van der Waals surface area contributed by atoms with E-state index in [1.54, 1.807) is 37.3 Å². The topological polar surface area (TPSA) is 83.8 Å². The van der Waals surface area contributed by atoms with Gasteiger partial charge in [0.1, 0.15) is 6.54 Å². The van der Waals surface area contributed by atoms with Gasteiger partial charge in [0.05, 0.1) is 16.8 Å². The molecule has 39 heavy (non-hydrogen) atoms. The van der Waals surface area contributed by atoms with Gasteiger partial charge in [0.15, 0.2) is 0 Å². The number of benzene rings is 3. The number of hydrogen-bond acceptors (Lipinski definition) is 4. The maximum Gasteiger partial charge on any atom is 0.264 e. The zero-order valence-corrected chi connectivity index (χ0v) is 24.3. The fourth-order valence-electron chi connectivity index (χ4n) is 4.33. The Morgan fingerprint density at radius 3 is 2.28 bits per heavy atom. The number of carbonyl (C=O) groups is 1. The molecule has 0 aliphatic rings. The molecule has 10 heteroatoms. The number of aromatic nitrogens is 1. The Morgan fingerprint density at radius 1 is 0.949 bits per heavy atom. The lowest BCUT2D eigenvalue weighted by Gasteiger charge is -2.25. The highest BCUT2D eigenvalue weighted by molar-refractivity contribution is 7.92. The molecule has 0 bridgehead atoms. The molecule has 1 amide bonds. The van der Waals surface area contributed by atoms with E-state index in [1.807, 2.05) is 55.7 Å². The molecular formula is C29H28Cl2N4O3S. The number of hydrazone groups is 1. The first kappa shape index (κ1) is 28.4. The number of sulfonamides is 1. The van der Waals surface area contributed by atoms with E-state index in [9.17, 15) is 13.2 Å². The number of amides is 1. The summed E-state index contributed by atoms with van der Waals surface area (Å²) in [4.78, 5) is 13.1. The van der Waals surface area contributed by atoms with Crippen molar-refractivity contribution >= 4 is 51.0 Å². The zero-order chi connectivity index (χ0) is 28.3. The second kappa shape index (κ2) is 11.7. The summed E-state index contributed by atoms with van der Waals surface area (Å²) in [5.41, 5.74) is 7.88. The SMILES string of the molecule is Cc1ccc(C)c(N(CC(=O)N/N=C/c2cc(C)n(-c3cc(Cl)cc(Cl)c3)c2C)S(=O)(=O)c2ccccc2)c1. The maximum absolute atomic E-state index is 13.6. The van der Waals surface area contributed by atoms with E-state index in [2.05, 4.69) is 10.5 Å². The number of hydrogen-bond donors (Lipinski definition) is 1. The van der Waals surface area contributed by atoms with Gasteiger partial charge in [-0.3, -0.25) is 9.10 Å². The minimum Gasteiger partial charge on any atom is -0.318 e. The van der Waals surface area contributed by atoms with Crippen molar-refractivity contribution in [1.29, 1.82) is 0 Å². The molecule has 4 aromatic rings. The van der Waals surface area contributed by atoms with Crippen LogP contribution in [0.5, 0.6) is 0 Å². The van der Waals surface area contributed by atoms with E-state index >= 15 is 0 Å². The molecule has 0 saturated heterocycles. The van der Waals surface area contributed by atoms with Crippen LogP contribution in [0.1, 0.15) is 28.1 Å². The molecule has 1 heterocycles. The lowest BCUT2D eigenvalue weighted by molar-refractivity contribution is -0.119. The second-order valence-corrected chi connectivity index (χ2v) is 11.9. The van der Waals surface area contributed by atoms with Gasteiger partial charge in [-0.15, -0.1) is 0 Å². The van der Waals surface area contributed by atoms with Crippen LogP contribution in [-0.4, -0.2) is 31.7 Å². The van der Waals surface area contributed by atoms with Gasteiger partial charge in [0, 0.05) is 32.7 Å². The monoisotopic (exact) mass is 582 g/mol. The van der Waals surface area contributed by atoms with Crippen LogP contribution in [0.25, 0.3) is 5.69 Å². The number of rotatable bonds is 8. The molecular weight excluding hydrogens is 555 g/mol. The zero-order valence-electron chi connectivity index (χ0n) is 21.9. The highest BCUT2D eigenvalue weighted by atomic mass is 35.5. The van der Waals surface area contributed by atoms with Crippen molar-refractivity contribution in [2.24, 2.45) is 5.10 Å². The molecule has 0 aliphatic carbocycles. The van der Waals surface area contributed by atoms with Crippen LogP contribution in [0.4, 0.5) is 5.69 Å². The Balaban J connectivity index is 1.58. The standard InChI is InChI=1S/C29H28Cl2N4O3S/c1-19-10-11-20(2)28(12-19)34(39(37,38)27-8-6-5-7-9-27)18-29(36)33-32-17-23-13-21(3)35(22(23)4)26-15-24(30)14-25(31)16-26/h5-17H,18H2,1-4H3,(H,33,36)/b32-17+. The summed E-state index contributed by atoms with van der Waals surface area (Å²) in [5.74, 6) is -0.581. The average molecular weight is 584 g/mol. The van der Waals surface area contributed by atoms with Gasteiger partial charge in [-0.05, 0) is 81.3 Å². The van der Waals surface area contributed by atoms with E-state index in [1.165, 1.54) is 18.3 Å². The average Bonchev–Trinajstić information content (AvgIpc) is 3.16. The van der Waals surface area contributed by atoms with Gasteiger partial charge in [-0.25, -0.2) is 13.8 Å². The van der Waals surface area contributed by atoms with E-state index < -0.39 is 22.5 Å². The van der Waals surface area contributed by atoms with Crippen LogP contribution in [0.15, 0.2) is 82.8 Å². The Hall–Kier alpha value is -3.59. The first-order valence-electron chi connectivity index (χ1n) is 12.1. The summed E-state index contributed by atoms with van der Waals surface area (Å²) in [6, 6.07) is 20.7. The number of nitrogens with one attached hydrogen (secondary N) is 1. The maximum atomic E-state index is 13.6. The smallest absolute Gasteiger partial charge is 0.264 e. The number of nitrogens with zero attached hydrogens (tertiary/aromatic N) is 3. The predicted octanol–water partition coefficient (Wildman–Crippen LogP) is 6.36. The molecule has 4 rings (SSSR count). The molecule has 0 radical (unpaired) electrons. The lowest BCUT2D eigenvalue weighted by atomic mass is 10.1. The van der Waals surface area contributed by atoms with E-state index in [-0.39, 0.29) is 4.90 Å². The minimum absolute atomic E-state index is 0.0933. The fraction of sp³-hybridized carbons (Fsp3) is 0.172. The Kier molecular flexibility index (Phi) is 8.49. The molecule has 1 N–H and O–H groups in total. The van der Waals surface area contributed by atoms with Crippen molar-refractivity contribution in [2.45, 2.75) is 32.6 Å². The molecule has 0 unspecified atom stereocenters. The summed E-state index contributed by atoms with van der Waals surface area (Å²) < 4.78 is 30.3. The molecule has 1 aromatic heterocycles. The van der Waals surface area contributed by atoms with Crippen molar-refractivity contribution in [3.05, 3.63) is 111 Å². The third kappa shape index (κ3) is 6.36. The second-order valence-electron chi connectivity index (χ2n) is 9.20. The molecule has 0 atom stereocenters. The molecule has 7 nitrogen and oxygen atoms in total. The third-order valence-electron chi connectivity index (χ3n) is 6.22. The third-order valence-corrected chi connectivity index (χ3v) is 8.43. The molecule has 0 saturated carbocycles. The Morgan fingerprint density at radius 2 is 1.62 bits per heavy atom. The highest BCUT2D eigenvalue weighted by Gasteiger charge is 2.28. The number of anilines is 1. The first-order chi connectivity index (χ1) is 18.5. The summed E-state index contributed by atoms with van der Waals surface area (Å²) in [6.07, 6.45) is 1.52. The summed E-state index contributed by atoms with van der Waals surface area (Å²) in [5, 5.41) is 5.16. The predicted molar refractivity (Wildman–Crippen MR) is 158 cm³/mol. The summed E-state index contributed by atoms with van der Waals surface area (Å²) in [6.45, 7) is 7.09. The fourth-order valence-corrected chi connectivity index (χ4v) is 6.34. The van der Waals surface area contributed by atoms with Gasteiger partial charge in [-0.1, -0.05) is 53.5 Å². The van der Waals surface area contributed by atoms with Gasteiger partial charge in [0.25, 0.3) is 15.9 Å². The normalized spacial score (nSPS) is 11.6. The quantitative estimate of drug-likeness (QED) is 0.194. The van der Waals surface area contributed by atoms with Crippen LogP contribution in [0, 0.1) is 27.7 Å². The molecule has 0 spiro atoms. The first-order valence-corrected chi connectivity index (χ1v) is 14.3. The van der Waals surface area contributed by atoms with Crippen molar-refractivity contribution in [2.75, 3.05) is 10.8 Å². The van der Waals surface area contributed by atoms with Gasteiger partial charge in [-0.2, -0.15) is 5.10 Å². The van der Waals surface area contributed by atoms with Crippen LogP contribution < -0.4 is 9.73 Å². The van der Waals surface area contributed by atoms with Gasteiger partial charge >= 0.3 is 0 Å². The lowest BCUT2D eigenvalue weighted by Crippen LogP contribution is -2.40. The van der Waals surface area contributed by atoms with Crippen molar-refractivity contribution in [3.63, 3.8) is 0 Å². The van der Waals surface area contributed by atoms with Gasteiger partial charge in [0.2, 0.25) is 0 Å². The molecule has 202 valence electrons. The number of aryl methyl sites for hydroxylation is 3. The number of halogens is 2. The van der Waals surface area contributed by atoms with Gasteiger partial charge < -0.3 is 4.57 Å². The minimum atomic E-state index is -4.02. The number of carbonyl (C=O) groups excluding carboxylic acids is 1. The molecule has 0 fully saturated rings. The van der Waals surface area contributed by atoms with E-state index in [0.717, 1.165) is 38.1 Å². The van der Waals surface area contributed by atoms with Crippen LogP contribution in [0.2, 0.25) is 10.0 Å². The highest BCUT2D eigenvalue weighted by Crippen LogP contribution is 2.28. The van der Waals surface area contributed by atoms with Crippen molar-refractivity contribution in [1.82, 2.24) is 9.99 Å². The molecule has 3 aromatic carbocycles. The van der Waals surface area contributed by atoms with Crippen molar-refractivity contribution < 1.29 is 13.2 Å². The largest absolute Gasteiger partial charge is 0.318 e. The van der Waals surface area contributed by atoms with Crippen molar-refractivity contribution in [3.8, 4) is 5.69 Å². The van der Waals surface area contributed by atoms with Crippen LogP contribution in [-0.2, 0) is 14.8 Å². The Labute approximate surface area is 238 Å². The summed E-state index contributed by atoms with van der Waals surface area (Å²) in [7, 11) is -4.02. The summed E-state index contributed by atoms with van der Waals surface area (Å²) >= 11 is 12.4. The van der Waals surface area contributed by atoms with Crippen LogP contribution >= 0.6 is 23.2 Å².